The first-order valence-electron chi connectivity index (χ1n) is 49.0. The minimum Gasteiger partial charge on any atom is -0.309 e. The SMILES string of the molecule is c1ccc(-n2c3ccc(-c4ccc5c(c4)c4c6ccccc6ccc4n5-c4ccc5ccccc5c4)cc3c3c4ccccc4ccc32)cc1.c1ccc(-n2c3ccc(-c4ccc5c(c4)c4ccccc4n5-c4ccc5ccccc5c4)cc3c3c4ccccc4ccc32)cc1.c1ccc(-n2c3ccccc3c3cc(-c4ccc5c(c4)c4c6ccccc6ccc4n5-c4ccc5ccccc5c4)ccc32)cc1. The number of hydrogen-bond acceptors (Lipinski definition) is 0. The van der Waals surface area contributed by atoms with Gasteiger partial charge in [-0.1, -0.05) is 340 Å². The second kappa shape index (κ2) is 32.4. The Kier molecular flexibility index (Phi) is 18.3. The van der Waals surface area contributed by atoms with Crippen molar-refractivity contribution in [3.05, 3.63) is 522 Å². The van der Waals surface area contributed by atoms with Gasteiger partial charge in [0.05, 0.1) is 66.2 Å². The Bertz CT molecular complexity index is 10700. The number of fused-ring (bicyclic) bond motifs is 29. The van der Waals surface area contributed by atoms with E-state index in [9.17, 15) is 0 Å². The maximum Gasteiger partial charge on any atom is 0.0547 e. The molecule has 0 saturated carbocycles. The predicted octanol–water partition coefficient (Wildman–Crippen LogP) is 36.7. The Morgan fingerprint density at radius 2 is 0.275 bits per heavy atom. The van der Waals surface area contributed by atoms with Gasteiger partial charge in [-0.25, -0.2) is 0 Å². The van der Waals surface area contributed by atoms with Gasteiger partial charge in [0.25, 0.3) is 0 Å². The van der Waals surface area contributed by atoms with Crippen molar-refractivity contribution in [2.24, 2.45) is 0 Å². The van der Waals surface area contributed by atoms with Gasteiger partial charge in [0.2, 0.25) is 0 Å². The number of aromatic nitrogens is 6. The van der Waals surface area contributed by atoms with E-state index in [4.69, 9.17) is 0 Å². The first kappa shape index (κ1) is 80.4. The summed E-state index contributed by atoms with van der Waals surface area (Å²) in [4.78, 5) is 0. The largest absolute Gasteiger partial charge is 0.309 e. The molecule has 25 aromatic carbocycles. The molecule has 0 aliphatic rings. The third-order valence-corrected chi connectivity index (χ3v) is 30.0. The summed E-state index contributed by atoms with van der Waals surface area (Å²) in [5, 5.41) is 33.0. The third-order valence-electron chi connectivity index (χ3n) is 30.0. The summed E-state index contributed by atoms with van der Waals surface area (Å²) in [6.45, 7) is 0. The van der Waals surface area contributed by atoms with Crippen LogP contribution in [0.3, 0.4) is 0 Å². The van der Waals surface area contributed by atoms with Crippen LogP contribution in [-0.4, -0.2) is 27.4 Å². The maximum atomic E-state index is 2.44. The molecule has 0 amide bonds. The second-order valence-corrected chi connectivity index (χ2v) is 37.8. The lowest BCUT2D eigenvalue weighted by Crippen LogP contribution is -1.94. The average Bonchev–Trinajstić information content (AvgIpc) is 1.57. The molecule has 0 bridgehead atoms. The first-order valence-corrected chi connectivity index (χ1v) is 49.0. The Hall–Kier alpha value is -18.9. The molecule has 0 saturated heterocycles. The van der Waals surface area contributed by atoms with E-state index in [1.807, 2.05) is 0 Å². The normalized spacial score (nSPS) is 11.9. The molecule has 0 unspecified atom stereocenters. The summed E-state index contributed by atoms with van der Waals surface area (Å²) < 4.78 is 14.5. The van der Waals surface area contributed by atoms with Gasteiger partial charge in [0, 0.05) is 98.8 Å². The van der Waals surface area contributed by atoms with Crippen molar-refractivity contribution in [1.82, 2.24) is 27.4 Å². The fourth-order valence-electron chi connectivity index (χ4n) is 23.5. The topological polar surface area (TPSA) is 29.6 Å². The van der Waals surface area contributed by atoms with Gasteiger partial charge < -0.3 is 27.4 Å². The van der Waals surface area contributed by atoms with E-state index in [0.29, 0.717) is 0 Å². The van der Waals surface area contributed by atoms with Crippen molar-refractivity contribution in [2.45, 2.75) is 0 Å². The van der Waals surface area contributed by atoms with Crippen molar-refractivity contribution in [3.63, 3.8) is 0 Å². The van der Waals surface area contributed by atoms with Gasteiger partial charge in [0.15, 0.2) is 0 Å². The number of nitrogens with zero attached hydrogens (tertiary/aromatic N) is 6. The van der Waals surface area contributed by atoms with Crippen LogP contribution >= 0.6 is 0 Å². The minimum absolute atomic E-state index is 1.17. The van der Waals surface area contributed by atoms with Crippen molar-refractivity contribution < 1.29 is 0 Å². The van der Waals surface area contributed by atoms with Crippen molar-refractivity contribution in [1.29, 1.82) is 0 Å². The molecule has 0 radical (unpaired) electrons. The molecule has 142 heavy (non-hydrogen) atoms. The summed E-state index contributed by atoms with van der Waals surface area (Å²) in [6, 6.07) is 191. The standard InChI is InChI=1S/C48H30N2.2C44H28N2/c1-2-14-37(15-3-1)49-43-24-21-35(29-41(43)47-39-16-8-6-11-32(39)19-26-45(47)49)36-22-25-44-42(30-36)48-40-17-9-7-12-33(40)20-27-46(48)50(44)38-23-18-31-10-4-5-13-34(31)28-38;1-2-13-34(14-3-1)45-42-24-21-33(28-39(42)44-36-15-7-6-11-30(36)19-25-43(44)45)32-20-23-41-38(27-32)37-16-8-9-17-40(37)46(41)35-22-18-29-10-4-5-12-31(29)26-35;1-2-13-34(14-3-1)45-40-17-9-8-16-37(40)38-27-32(20-23-41(38)45)33-21-24-42-39(28-33)44-36-15-7-6-11-30(36)19-25-43(44)46(42)35-22-18-29-10-4-5-12-31(29)26-35/h1-30H;2*1-28H. The Labute approximate surface area is 817 Å². The van der Waals surface area contributed by atoms with E-state index in [2.05, 4.69) is 549 Å². The zero-order chi connectivity index (χ0) is 93.1. The summed E-state index contributed by atoms with van der Waals surface area (Å²) in [6.07, 6.45) is 0. The molecule has 6 heteroatoms. The molecule has 0 atom stereocenters. The molecular weight excluding hydrogens is 1720 g/mol. The molecule has 6 nitrogen and oxygen atoms in total. The molecule has 6 aromatic heterocycles. The molecule has 0 aliphatic carbocycles. The highest BCUT2D eigenvalue weighted by Crippen LogP contribution is 2.48. The number of para-hydroxylation sites is 5. The van der Waals surface area contributed by atoms with E-state index < -0.39 is 0 Å². The van der Waals surface area contributed by atoms with Crippen LogP contribution < -0.4 is 0 Å². The van der Waals surface area contributed by atoms with Crippen LogP contribution in [0, 0.1) is 0 Å². The number of benzene rings is 25. The van der Waals surface area contributed by atoms with Gasteiger partial charge in [-0.3, -0.25) is 0 Å². The third kappa shape index (κ3) is 12.8. The van der Waals surface area contributed by atoms with Gasteiger partial charge >= 0.3 is 0 Å². The van der Waals surface area contributed by atoms with E-state index in [1.54, 1.807) is 0 Å². The number of hydrogen-bond donors (Lipinski definition) is 0. The monoisotopic (exact) mass is 1800 g/mol. The average molecular weight is 1800 g/mol. The zero-order valence-electron chi connectivity index (χ0n) is 77.3. The van der Waals surface area contributed by atoms with Crippen LogP contribution in [-0.2, 0) is 0 Å². The van der Waals surface area contributed by atoms with Crippen LogP contribution in [0.25, 0.3) is 274 Å². The molecule has 660 valence electrons. The highest BCUT2D eigenvalue weighted by Gasteiger charge is 2.25. The second-order valence-electron chi connectivity index (χ2n) is 37.8. The summed E-state index contributed by atoms with van der Waals surface area (Å²) in [7, 11) is 0. The van der Waals surface area contributed by atoms with E-state index >= 15 is 0 Å². The number of rotatable bonds is 9. The lowest BCUT2D eigenvalue weighted by molar-refractivity contribution is 1.18. The van der Waals surface area contributed by atoms with Gasteiger partial charge in [-0.2, -0.15) is 0 Å². The molecule has 0 spiro atoms. The van der Waals surface area contributed by atoms with Crippen LogP contribution in [0.5, 0.6) is 0 Å². The van der Waals surface area contributed by atoms with Crippen molar-refractivity contribution in [3.8, 4) is 67.5 Å². The van der Waals surface area contributed by atoms with Gasteiger partial charge in [-0.15, -0.1) is 0 Å². The smallest absolute Gasteiger partial charge is 0.0547 e. The fourth-order valence-corrected chi connectivity index (χ4v) is 23.5. The summed E-state index contributed by atoms with van der Waals surface area (Å²) in [5.74, 6) is 0. The highest BCUT2D eigenvalue weighted by atomic mass is 15.0. The minimum atomic E-state index is 1.17. The van der Waals surface area contributed by atoms with E-state index in [-0.39, 0.29) is 0 Å². The Morgan fingerprint density at radius 3 is 0.556 bits per heavy atom. The molecule has 0 fully saturated rings. The zero-order valence-corrected chi connectivity index (χ0v) is 77.3. The summed E-state index contributed by atoms with van der Waals surface area (Å²) >= 11 is 0. The lowest BCUT2D eigenvalue weighted by Gasteiger charge is -2.10. The fraction of sp³-hybridized carbons (Fsp3) is 0. The molecule has 0 N–H and O–H groups in total. The Balaban J connectivity index is 0.000000102. The predicted molar refractivity (Wildman–Crippen MR) is 604 cm³/mol. The van der Waals surface area contributed by atoms with Crippen LogP contribution in [0.2, 0.25) is 0 Å². The highest BCUT2D eigenvalue weighted by molar-refractivity contribution is 6.27. The molecular formula is C136H86N6. The molecule has 6 heterocycles. The van der Waals surface area contributed by atoms with Gasteiger partial charge in [0.1, 0.15) is 0 Å². The quantitative estimate of drug-likeness (QED) is 0.138. The van der Waals surface area contributed by atoms with Crippen LogP contribution in [0.4, 0.5) is 0 Å². The summed E-state index contributed by atoms with van der Waals surface area (Å²) in [5.41, 5.74) is 29.0. The molecule has 31 rings (SSSR count). The first-order chi connectivity index (χ1) is 70.4. The Morgan fingerprint density at radius 1 is 0.0915 bits per heavy atom. The van der Waals surface area contributed by atoms with Crippen LogP contribution in [0.1, 0.15) is 0 Å². The molecule has 31 aromatic rings. The van der Waals surface area contributed by atoms with Crippen molar-refractivity contribution >= 4 is 206 Å². The van der Waals surface area contributed by atoms with Crippen molar-refractivity contribution in [2.75, 3.05) is 0 Å². The lowest BCUT2D eigenvalue weighted by atomic mass is 9.98. The maximum absolute atomic E-state index is 2.44. The van der Waals surface area contributed by atoms with E-state index in [1.165, 1.54) is 274 Å². The molecule has 0 aliphatic heterocycles. The van der Waals surface area contributed by atoms with E-state index in [0.717, 1.165) is 0 Å². The van der Waals surface area contributed by atoms with Crippen LogP contribution in [0.15, 0.2) is 522 Å². The van der Waals surface area contributed by atoms with Gasteiger partial charge in [-0.05, 0) is 291 Å².